The van der Waals surface area contributed by atoms with Crippen molar-refractivity contribution < 1.29 is 15.0 Å². The van der Waals surface area contributed by atoms with Crippen molar-refractivity contribution >= 4 is 5.97 Å². The Morgan fingerprint density at radius 3 is 2.60 bits per heavy atom. The normalized spacial score (nSPS) is 32.0. The minimum Gasteiger partial charge on any atom is -0.481 e. The summed E-state index contributed by atoms with van der Waals surface area (Å²) in [6.07, 6.45) is 1.40. The Morgan fingerprint density at radius 1 is 1.80 bits per heavy atom. The number of carboxylic acid groups (broad SMARTS) is 1. The molecule has 2 atom stereocenters. The number of hydrogen-bond acceptors (Lipinski definition) is 2. The molecule has 2 N–H and O–H groups in total. The maximum Gasteiger partial charge on any atom is 0.310 e. The smallest absolute Gasteiger partial charge is 0.310 e. The van der Waals surface area contributed by atoms with Crippen LogP contribution < -0.4 is 0 Å². The molecule has 0 fully saturated rings. The SMILES string of the molecule is CC1=CC(C(=O)O)CC1O. The van der Waals surface area contributed by atoms with E-state index >= 15 is 0 Å². The van der Waals surface area contributed by atoms with E-state index < -0.39 is 18.0 Å². The topological polar surface area (TPSA) is 57.5 Å². The summed E-state index contributed by atoms with van der Waals surface area (Å²) in [4.78, 5) is 10.3. The maximum atomic E-state index is 10.3. The molecule has 1 aliphatic rings. The van der Waals surface area contributed by atoms with E-state index in [0.717, 1.165) is 5.57 Å². The van der Waals surface area contributed by atoms with Crippen LogP contribution in [0.2, 0.25) is 0 Å². The van der Waals surface area contributed by atoms with Crippen molar-refractivity contribution in [3.05, 3.63) is 11.6 Å². The summed E-state index contributed by atoms with van der Waals surface area (Å²) in [6, 6.07) is 0. The van der Waals surface area contributed by atoms with Gasteiger partial charge in [0.05, 0.1) is 12.0 Å². The van der Waals surface area contributed by atoms with Gasteiger partial charge in [0.2, 0.25) is 0 Å². The predicted molar refractivity (Wildman–Crippen MR) is 35.5 cm³/mol. The standard InChI is InChI=1S/C7H10O3/c1-4-2-5(7(9)10)3-6(4)8/h2,5-6,8H,3H2,1H3,(H,9,10). The third kappa shape index (κ3) is 1.19. The van der Waals surface area contributed by atoms with Gasteiger partial charge < -0.3 is 10.2 Å². The molecular formula is C7H10O3. The number of carbonyl (C=O) groups is 1. The fraction of sp³-hybridized carbons (Fsp3) is 0.571. The molecule has 0 saturated heterocycles. The van der Waals surface area contributed by atoms with Crippen LogP contribution in [0.5, 0.6) is 0 Å². The predicted octanol–water partition coefficient (Wildman–Crippen LogP) is 0.398. The molecule has 0 heterocycles. The van der Waals surface area contributed by atoms with Crippen molar-refractivity contribution in [2.75, 3.05) is 0 Å². The molecule has 1 aliphatic carbocycles. The minimum atomic E-state index is -0.851. The first-order valence-corrected chi connectivity index (χ1v) is 3.20. The highest BCUT2D eigenvalue weighted by molar-refractivity contribution is 5.73. The van der Waals surface area contributed by atoms with Crippen molar-refractivity contribution in [3.63, 3.8) is 0 Å². The molecule has 0 saturated carbocycles. The first-order valence-electron chi connectivity index (χ1n) is 3.20. The number of carboxylic acids is 1. The van der Waals surface area contributed by atoms with Gasteiger partial charge >= 0.3 is 5.97 Å². The van der Waals surface area contributed by atoms with Gasteiger partial charge in [0.1, 0.15) is 0 Å². The van der Waals surface area contributed by atoms with E-state index in [1.165, 1.54) is 0 Å². The van der Waals surface area contributed by atoms with Gasteiger partial charge in [-0.1, -0.05) is 6.08 Å². The quantitative estimate of drug-likeness (QED) is 0.521. The van der Waals surface area contributed by atoms with Crippen LogP contribution in [0.1, 0.15) is 13.3 Å². The fourth-order valence-electron chi connectivity index (χ4n) is 1.09. The molecule has 3 nitrogen and oxygen atoms in total. The van der Waals surface area contributed by atoms with Gasteiger partial charge in [-0.3, -0.25) is 4.79 Å². The van der Waals surface area contributed by atoms with E-state index in [0.29, 0.717) is 6.42 Å². The first kappa shape index (κ1) is 7.28. The van der Waals surface area contributed by atoms with Crippen LogP contribution in [0.3, 0.4) is 0 Å². The highest BCUT2D eigenvalue weighted by atomic mass is 16.4. The van der Waals surface area contributed by atoms with Gasteiger partial charge in [-0.25, -0.2) is 0 Å². The van der Waals surface area contributed by atoms with Crippen LogP contribution in [0.4, 0.5) is 0 Å². The number of hydrogen-bond donors (Lipinski definition) is 2. The molecule has 1 rings (SSSR count). The molecule has 0 aromatic heterocycles. The summed E-state index contributed by atoms with van der Waals surface area (Å²) in [5.74, 6) is -1.33. The maximum absolute atomic E-state index is 10.3. The van der Waals surface area contributed by atoms with E-state index in [4.69, 9.17) is 10.2 Å². The fourth-order valence-corrected chi connectivity index (χ4v) is 1.09. The highest BCUT2D eigenvalue weighted by Crippen LogP contribution is 2.23. The molecule has 0 aromatic carbocycles. The van der Waals surface area contributed by atoms with Gasteiger partial charge in [0.15, 0.2) is 0 Å². The second-order valence-corrected chi connectivity index (χ2v) is 2.61. The zero-order chi connectivity index (χ0) is 7.72. The Hall–Kier alpha value is -0.830. The zero-order valence-corrected chi connectivity index (χ0v) is 5.74. The third-order valence-electron chi connectivity index (χ3n) is 1.78. The van der Waals surface area contributed by atoms with Crippen molar-refractivity contribution in [3.8, 4) is 0 Å². The molecule has 2 unspecified atom stereocenters. The molecule has 3 heteroatoms. The van der Waals surface area contributed by atoms with Gasteiger partial charge in [0, 0.05) is 0 Å². The van der Waals surface area contributed by atoms with E-state index in [2.05, 4.69) is 0 Å². The molecule has 0 aromatic rings. The molecule has 10 heavy (non-hydrogen) atoms. The van der Waals surface area contributed by atoms with Gasteiger partial charge in [-0.2, -0.15) is 0 Å². The zero-order valence-electron chi connectivity index (χ0n) is 5.74. The summed E-state index contributed by atoms with van der Waals surface area (Å²) in [5, 5.41) is 17.6. The summed E-state index contributed by atoms with van der Waals surface area (Å²) < 4.78 is 0. The molecule has 0 radical (unpaired) electrons. The van der Waals surface area contributed by atoms with Crippen molar-refractivity contribution in [1.82, 2.24) is 0 Å². The average molecular weight is 142 g/mol. The summed E-state index contributed by atoms with van der Waals surface area (Å²) in [7, 11) is 0. The Kier molecular flexibility index (Phi) is 1.76. The largest absolute Gasteiger partial charge is 0.481 e. The minimum absolute atomic E-state index is 0.334. The van der Waals surface area contributed by atoms with Gasteiger partial charge in [0.25, 0.3) is 0 Å². The lowest BCUT2D eigenvalue weighted by molar-refractivity contribution is -0.140. The molecule has 0 amide bonds. The highest BCUT2D eigenvalue weighted by Gasteiger charge is 2.26. The molecule has 0 bridgehead atoms. The van der Waals surface area contributed by atoms with Gasteiger partial charge in [-0.15, -0.1) is 0 Å². The van der Waals surface area contributed by atoms with Gasteiger partial charge in [-0.05, 0) is 18.9 Å². The van der Waals surface area contributed by atoms with Crippen molar-refractivity contribution in [2.24, 2.45) is 5.92 Å². The second-order valence-electron chi connectivity index (χ2n) is 2.61. The Morgan fingerprint density at radius 2 is 2.40 bits per heavy atom. The molecular weight excluding hydrogens is 132 g/mol. The lowest BCUT2D eigenvalue weighted by Gasteiger charge is -2.02. The second kappa shape index (κ2) is 2.42. The van der Waals surface area contributed by atoms with Crippen LogP contribution in [-0.4, -0.2) is 22.3 Å². The monoisotopic (exact) mass is 142 g/mol. The van der Waals surface area contributed by atoms with E-state index in [1.807, 2.05) is 0 Å². The molecule has 0 spiro atoms. The van der Waals surface area contributed by atoms with E-state index in [1.54, 1.807) is 13.0 Å². The number of aliphatic hydroxyl groups is 1. The van der Waals surface area contributed by atoms with Crippen molar-refractivity contribution in [1.29, 1.82) is 0 Å². The Balaban J connectivity index is 2.65. The molecule has 56 valence electrons. The lowest BCUT2D eigenvalue weighted by atomic mass is 10.1. The summed E-state index contributed by atoms with van der Waals surface area (Å²) in [5.41, 5.74) is 0.771. The third-order valence-corrected chi connectivity index (χ3v) is 1.78. The molecule has 0 aliphatic heterocycles. The van der Waals surface area contributed by atoms with Crippen LogP contribution >= 0.6 is 0 Å². The van der Waals surface area contributed by atoms with E-state index in [9.17, 15) is 4.79 Å². The number of aliphatic hydroxyl groups excluding tert-OH is 1. The first-order chi connectivity index (χ1) is 4.61. The average Bonchev–Trinajstić information content (AvgIpc) is 2.13. The van der Waals surface area contributed by atoms with Crippen LogP contribution in [0, 0.1) is 5.92 Å². The van der Waals surface area contributed by atoms with Crippen LogP contribution in [0.25, 0.3) is 0 Å². The van der Waals surface area contributed by atoms with E-state index in [-0.39, 0.29) is 0 Å². The summed E-state index contributed by atoms with van der Waals surface area (Å²) in [6.45, 7) is 1.74. The Labute approximate surface area is 59.0 Å². The number of rotatable bonds is 1. The Bertz CT molecular complexity index is 183. The van der Waals surface area contributed by atoms with Crippen LogP contribution in [0.15, 0.2) is 11.6 Å². The summed E-state index contributed by atoms with van der Waals surface area (Å²) >= 11 is 0. The lowest BCUT2D eigenvalue weighted by Crippen LogP contribution is -2.11. The number of aliphatic carboxylic acids is 1. The van der Waals surface area contributed by atoms with Crippen molar-refractivity contribution in [2.45, 2.75) is 19.4 Å². The van der Waals surface area contributed by atoms with Crippen LogP contribution in [-0.2, 0) is 4.79 Å².